The van der Waals surface area contributed by atoms with Crippen molar-refractivity contribution in [2.24, 2.45) is 7.05 Å². The molecule has 0 aliphatic carbocycles. The van der Waals surface area contributed by atoms with Crippen LogP contribution in [0.5, 0.6) is 0 Å². The van der Waals surface area contributed by atoms with E-state index >= 15 is 0 Å². The normalized spacial score (nSPS) is 15.5. The predicted molar refractivity (Wildman–Crippen MR) is 130 cm³/mol. The molecule has 7 nitrogen and oxygen atoms in total. The lowest BCUT2D eigenvalue weighted by Crippen LogP contribution is -2.32. The van der Waals surface area contributed by atoms with Gasteiger partial charge in [0.1, 0.15) is 6.04 Å². The number of pyridine rings is 1. The van der Waals surface area contributed by atoms with Crippen LogP contribution in [0.25, 0.3) is 10.8 Å². The van der Waals surface area contributed by atoms with E-state index in [0.29, 0.717) is 27.8 Å². The molecule has 1 atom stereocenters. The Hall–Kier alpha value is -3.23. The van der Waals surface area contributed by atoms with E-state index in [-0.39, 0.29) is 17.5 Å². The molecule has 0 fully saturated rings. The van der Waals surface area contributed by atoms with Crippen LogP contribution >= 0.6 is 22.9 Å². The number of thiazole rings is 1. The van der Waals surface area contributed by atoms with Crippen LogP contribution in [-0.2, 0) is 7.05 Å². The molecular weight excluding hydrogens is 458 g/mol. The maximum Gasteiger partial charge on any atom is 0.279 e. The smallest absolute Gasteiger partial charge is 0.279 e. The summed E-state index contributed by atoms with van der Waals surface area (Å²) in [7, 11) is 1.69. The van der Waals surface area contributed by atoms with Crippen molar-refractivity contribution < 1.29 is 4.79 Å². The van der Waals surface area contributed by atoms with Crippen LogP contribution in [-0.4, -0.2) is 25.0 Å². The Labute approximate surface area is 199 Å². The third-order valence-electron chi connectivity index (χ3n) is 5.84. The summed E-state index contributed by atoms with van der Waals surface area (Å²) in [6.07, 6.45) is 3.44. The number of rotatable bonds is 4. The average Bonchev–Trinajstić information content (AvgIpc) is 3.48. The van der Waals surface area contributed by atoms with Gasteiger partial charge < -0.3 is 9.13 Å². The van der Waals surface area contributed by atoms with Gasteiger partial charge in [-0.3, -0.25) is 14.5 Å². The van der Waals surface area contributed by atoms with Crippen LogP contribution in [0.1, 0.15) is 53.2 Å². The van der Waals surface area contributed by atoms with Crippen molar-refractivity contribution in [1.82, 2.24) is 19.1 Å². The number of anilines is 1. The monoisotopic (exact) mass is 479 g/mol. The SMILES string of the molecule is Cc1cc(N2C(=O)c3nc(-c4nccs4)n(C(C)C)c3C2c2ccc(Cl)cc2)cn(C)c1=O. The van der Waals surface area contributed by atoms with E-state index in [4.69, 9.17) is 16.6 Å². The minimum atomic E-state index is -0.426. The molecule has 0 N–H and O–H groups in total. The number of nitrogens with zero attached hydrogens (tertiary/aromatic N) is 5. The van der Waals surface area contributed by atoms with Gasteiger partial charge in [0, 0.05) is 41.4 Å². The van der Waals surface area contributed by atoms with Crippen molar-refractivity contribution in [3.8, 4) is 10.8 Å². The number of fused-ring (bicyclic) bond motifs is 1. The summed E-state index contributed by atoms with van der Waals surface area (Å²) in [4.78, 5) is 37.1. The second kappa shape index (κ2) is 7.97. The second-order valence-electron chi connectivity index (χ2n) is 8.40. The van der Waals surface area contributed by atoms with Crippen LogP contribution in [0.4, 0.5) is 5.69 Å². The minimum absolute atomic E-state index is 0.0459. The van der Waals surface area contributed by atoms with E-state index in [0.717, 1.165) is 16.3 Å². The number of carbonyl (C=O) groups excluding carboxylic acids is 1. The summed E-state index contributed by atoms with van der Waals surface area (Å²) in [6, 6.07) is 8.88. The largest absolute Gasteiger partial charge is 0.321 e. The summed E-state index contributed by atoms with van der Waals surface area (Å²) >= 11 is 7.66. The zero-order valence-corrected chi connectivity index (χ0v) is 20.2. The number of imidazole rings is 1. The van der Waals surface area contributed by atoms with Crippen molar-refractivity contribution in [2.45, 2.75) is 32.9 Å². The maximum atomic E-state index is 13.8. The van der Waals surface area contributed by atoms with E-state index in [9.17, 15) is 9.59 Å². The number of carbonyl (C=O) groups is 1. The number of hydrogen-bond acceptors (Lipinski definition) is 5. The molecule has 0 saturated carbocycles. The van der Waals surface area contributed by atoms with Gasteiger partial charge in [-0.05, 0) is 44.5 Å². The standard InChI is InChI=1S/C24H22ClN5O2S/c1-13(2)29-20-18(27-21(29)22-26-9-10-33-22)24(32)30(17-11-14(3)23(31)28(4)12-17)19(20)15-5-7-16(25)8-6-15/h5-13,19H,1-4H3. The zero-order valence-electron chi connectivity index (χ0n) is 18.6. The zero-order chi connectivity index (χ0) is 23.4. The van der Waals surface area contributed by atoms with E-state index in [1.165, 1.54) is 15.9 Å². The van der Waals surface area contributed by atoms with E-state index < -0.39 is 6.04 Å². The first-order valence-corrected chi connectivity index (χ1v) is 11.8. The van der Waals surface area contributed by atoms with Gasteiger partial charge in [0.25, 0.3) is 11.5 Å². The number of hydrogen-bond donors (Lipinski definition) is 0. The van der Waals surface area contributed by atoms with Crippen molar-refractivity contribution in [2.75, 3.05) is 4.90 Å². The number of benzene rings is 1. The third-order valence-corrected chi connectivity index (χ3v) is 6.86. The molecule has 0 spiro atoms. The third kappa shape index (κ3) is 3.41. The quantitative estimate of drug-likeness (QED) is 0.413. The molecular formula is C24H22ClN5O2S. The van der Waals surface area contributed by atoms with Gasteiger partial charge in [0.2, 0.25) is 0 Å². The topological polar surface area (TPSA) is 73.0 Å². The fourth-order valence-corrected chi connectivity index (χ4v) is 5.18. The molecule has 9 heteroatoms. The maximum absolute atomic E-state index is 13.8. The van der Waals surface area contributed by atoms with Crippen LogP contribution in [0.15, 0.2) is 52.9 Å². The van der Waals surface area contributed by atoms with Crippen molar-refractivity contribution in [3.63, 3.8) is 0 Å². The van der Waals surface area contributed by atoms with E-state index in [1.807, 2.05) is 29.6 Å². The van der Waals surface area contributed by atoms with E-state index in [1.54, 1.807) is 37.3 Å². The van der Waals surface area contributed by atoms with Crippen LogP contribution in [0.3, 0.4) is 0 Å². The number of halogens is 1. The molecule has 0 radical (unpaired) electrons. The molecule has 1 amide bonds. The second-order valence-corrected chi connectivity index (χ2v) is 9.73. The molecule has 4 heterocycles. The number of amides is 1. The highest BCUT2D eigenvalue weighted by atomic mass is 35.5. The molecule has 3 aromatic heterocycles. The first-order chi connectivity index (χ1) is 15.8. The Morgan fingerprint density at radius 3 is 2.48 bits per heavy atom. The van der Waals surface area contributed by atoms with Gasteiger partial charge in [0.15, 0.2) is 16.5 Å². The molecule has 168 valence electrons. The van der Waals surface area contributed by atoms with Gasteiger partial charge in [-0.2, -0.15) is 0 Å². The minimum Gasteiger partial charge on any atom is -0.321 e. The predicted octanol–water partition coefficient (Wildman–Crippen LogP) is 5.00. The molecule has 1 aliphatic rings. The summed E-state index contributed by atoms with van der Waals surface area (Å²) in [6.45, 7) is 5.90. The van der Waals surface area contributed by atoms with Gasteiger partial charge >= 0.3 is 0 Å². The molecule has 5 rings (SSSR count). The highest BCUT2D eigenvalue weighted by Gasteiger charge is 2.45. The molecule has 0 bridgehead atoms. The molecule has 0 saturated heterocycles. The van der Waals surface area contributed by atoms with Crippen LogP contribution < -0.4 is 10.5 Å². The Morgan fingerprint density at radius 2 is 1.88 bits per heavy atom. The van der Waals surface area contributed by atoms with E-state index in [2.05, 4.69) is 23.4 Å². The molecule has 1 aliphatic heterocycles. The summed E-state index contributed by atoms with van der Waals surface area (Å²) in [5.41, 5.74) is 3.24. The van der Waals surface area contributed by atoms with Gasteiger partial charge in [-0.25, -0.2) is 9.97 Å². The first-order valence-electron chi connectivity index (χ1n) is 10.6. The Balaban J connectivity index is 1.79. The summed E-state index contributed by atoms with van der Waals surface area (Å²) < 4.78 is 3.60. The lowest BCUT2D eigenvalue weighted by molar-refractivity contribution is 0.0989. The fourth-order valence-electron chi connectivity index (χ4n) is 4.43. The van der Waals surface area contributed by atoms with Crippen LogP contribution in [0.2, 0.25) is 5.02 Å². The first kappa shape index (κ1) is 21.6. The average molecular weight is 480 g/mol. The molecule has 1 aromatic carbocycles. The van der Waals surface area contributed by atoms with Gasteiger partial charge in [0.05, 0.1) is 11.4 Å². The lowest BCUT2D eigenvalue weighted by Gasteiger charge is -2.28. The van der Waals surface area contributed by atoms with Gasteiger partial charge in [-0.15, -0.1) is 11.3 Å². The molecule has 1 unspecified atom stereocenters. The summed E-state index contributed by atoms with van der Waals surface area (Å²) in [5.74, 6) is 0.480. The lowest BCUT2D eigenvalue weighted by atomic mass is 10.0. The number of aryl methyl sites for hydroxylation is 2. The van der Waals surface area contributed by atoms with Crippen molar-refractivity contribution >= 4 is 34.5 Å². The number of aromatic nitrogens is 4. The molecule has 4 aromatic rings. The Bertz CT molecular complexity index is 1390. The van der Waals surface area contributed by atoms with Crippen molar-refractivity contribution in [3.05, 3.63) is 86.0 Å². The Morgan fingerprint density at radius 1 is 1.15 bits per heavy atom. The fraction of sp³-hybridized carbons (Fsp3) is 0.250. The van der Waals surface area contributed by atoms with Crippen molar-refractivity contribution in [1.29, 1.82) is 0 Å². The highest BCUT2D eigenvalue weighted by molar-refractivity contribution is 7.13. The summed E-state index contributed by atoms with van der Waals surface area (Å²) in [5, 5.41) is 3.29. The highest BCUT2D eigenvalue weighted by Crippen LogP contribution is 2.44. The molecule has 33 heavy (non-hydrogen) atoms. The Kier molecular flexibility index (Phi) is 5.22. The van der Waals surface area contributed by atoms with Gasteiger partial charge in [-0.1, -0.05) is 23.7 Å². The van der Waals surface area contributed by atoms with Crippen LogP contribution in [0, 0.1) is 6.92 Å².